The fourth-order valence-corrected chi connectivity index (χ4v) is 2.30. The van der Waals surface area contributed by atoms with Gasteiger partial charge in [-0.25, -0.2) is 13.1 Å². The summed E-state index contributed by atoms with van der Waals surface area (Å²) in [5.74, 6) is 0. The Kier molecular flexibility index (Phi) is 5.08. The first kappa shape index (κ1) is 14.4. The smallest absolute Gasteiger partial charge is 0.209 e. The molecule has 0 unspecified atom stereocenters. The van der Waals surface area contributed by atoms with Crippen molar-refractivity contribution in [2.75, 3.05) is 6.26 Å². The lowest BCUT2D eigenvalue weighted by Gasteiger charge is -2.15. The molecule has 0 aliphatic carbocycles. The van der Waals surface area contributed by atoms with Gasteiger partial charge in [-0.3, -0.25) is 4.98 Å². The van der Waals surface area contributed by atoms with Crippen molar-refractivity contribution in [3.05, 3.63) is 40.0 Å². The number of azide groups is 1. The van der Waals surface area contributed by atoms with E-state index in [1.54, 1.807) is 18.2 Å². The van der Waals surface area contributed by atoms with Crippen LogP contribution >= 0.6 is 0 Å². The van der Waals surface area contributed by atoms with E-state index in [1.807, 2.05) is 6.92 Å². The van der Waals surface area contributed by atoms with E-state index in [4.69, 9.17) is 5.53 Å². The maximum absolute atomic E-state index is 11.2. The Morgan fingerprint density at radius 1 is 1.56 bits per heavy atom. The van der Waals surface area contributed by atoms with E-state index >= 15 is 0 Å². The van der Waals surface area contributed by atoms with Gasteiger partial charge in [0.2, 0.25) is 10.0 Å². The lowest BCUT2D eigenvalue weighted by molar-refractivity contribution is 0.549. The zero-order chi connectivity index (χ0) is 13.6. The monoisotopic (exact) mass is 269 g/mol. The molecular weight excluding hydrogens is 254 g/mol. The van der Waals surface area contributed by atoms with Crippen LogP contribution in [0.4, 0.5) is 0 Å². The normalized spacial score (nSPS) is 12.8. The Morgan fingerprint density at radius 2 is 2.28 bits per heavy atom. The highest BCUT2D eigenvalue weighted by Crippen LogP contribution is 2.15. The molecule has 18 heavy (non-hydrogen) atoms. The van der Waals surface area contributed by atoms with Crippen molar-refractivity contribution in [1.82, 2.24) is 9.71 Å². The third-order valence-corrected chi connectivity index (χ3v) is 2.96. The molecule has 0 fully saturated rings. The topological polar surface area (TPSA) is 108 Å². The van der Waals surface area contributed by atoms with Crippen molar-refractivity contribution in [2.24, 2.45) is 5.11 Å². The minimum absolute atomic E-state index is 0.152. The van der Waals surface area contributed by atoms with Crippen LogP contribution in [-0.4, -0.2) is 19.7 Å². The van der Waals surface area contributed by atoms with E-state index in [1.165, 1.54) is 0 Å². The summed E-state index contributed by atoms with van der Waals surface area (Å²) in [6, 6.07) is 4.86. The van der Waals surface area contributed by atoms with Gasteiger partial charge in [0.25, 0.3) is 0 Å². The van der Waals surface area contributed by atoms with Crippen LogP contribution in [0.25, 0.3) is 10.4 Å². The summed E-state index contributed by atoms with van der Waals surface area (Å²) >= 11 is 0. The Labute approximate surface area is 106 Å². The van der Waals surface area contributed by atoms with Gasteiger partial charge in [-0.2, -0.15) is 0 Å². The molecule has 1 rings (SSSR count). The molecule has 0 radical (unpaired) electrons. The van der Waals surface area contributed by atoms with E-state index in [0.29, 0.717) is 17.8 Å². The summed E-state index contributed by atoms with van der Waals surface area (Å²) in [5, 5.41) is 3.42. The fourth-order valence-electron chi connectivity index (χ4n) is 1.50. The van der Waals surface area contributed by atoms with Crippen LogP contribution in [0.5, 0.6) is 0 Å². The van der Waals surface area contributed by atoms with Crippen LogP contribution in [0.1, 0.15) is 30.8 Å². The Bertz CT molecular complexity index is 551. The molecule has 0 amide bonds. The van der Waals surface area contributed by atoms with Crippen molar-refractivity contribution in [3.8, 4) is 0 Å². The highest BCUT2D eigenvalue weighted by atomic mass is 32.2. The van der Waals surface area contributed by atoms with E-state index in [2.05, 4.69) is 19.7 Å². The van der Waals surface area contributed by atoms with Crippen LogP contribution in [0.3, 0.4) is 0 Å². The summed E-state index contributed by atoms with van der Waals surface area (Å²) in [6.45, 7) is 2.02. The average Bonchev–Trinajstić information content (AvgIpc) is 2.32. The van der Waals surface area contributed by atoms with E-state index in [-0.39, 0.29) is 12.6 Å². The van der Waals surface area contributed by atoms with Gasteiger partial charge in [0.1, 0.15) is 0 Å². The van der Waals surface area contributed by atoms with Gasteiger partial charge in [0.05, 0.1) is 24.5 Å². The van der Waals surface area contributed by atoms with Gasteiger partial charge < -0.3 is 0 Å². The maximum Gasteiger partial charge on any atom is 0.209 e. The third kappa shape index (κ3) is 4.70. The molecule has 1 aromatic heterocycles. The lowest BCUT2D eigenvalue weighted by Crippen LogP contribution is -2.27. The van der Waals surface area contributed by atoms with Crippen LogP contribution in [0.15, 0.2) is 23.3 Å². The van der Waals surface area contributed by atoms with Crippen LogP contribution in [0, 0.1) is 0 Å². The van der Waals surface area contributed by atoms with Gasteiger partial charge in [-0.05, 0) is 24.1 Å². The highest BCUT2D eigenvalue weighted by molar-refractivity contribution is 7.88. The summed E-state index contributed by atoms with van der Waals surface area (Å²) in [7, 11) is -3.29. The minimum Gasteiger partial charge on any atom is -0.256 e. The number of aromatic nitrogens is 1. The first-order chi connectivity index (χ1) is 8.46. The summed E-state index contributed by atoms with van der Waals surface area (Å²) in [6.07, 6.45) is 1.70. The molecule has 0 saturated heterocycles. The SMILES string of the molecule is CC[C@@H](NS(C)(=O)=O)c1cccc(CN=[N+]=[N-])n1. The molecule has 7 nitrogen and oxygen atoms in total. The van der Waals surface area contributed by atoms with Gasteiger partial charge in [0.15, 0.2) is 0 Å². The molecule has 0 saturated carbocycles. The number of hydrogen-bond donors (Lipinski definition) is 1. The lowest BCUT2D eigenvalue weighted by atomic mass is 10.1. The molecule has 1 atom stereocenters. The number of hydrogen-bond acceptors (Lipinski definition) is 4. The zero-order valence-electron chi connectivity index (χ0n) is 10.2. The quantitative estimate of drug-likeness (QED) is 0.484. The van der Waals surface area contributed by atoms with Gasteiger partial charge in [0, 0.05) is 10.6 Å². The Balaban J connectivity index is 2.95. The molecule has 0 aromatic carbocycles. The predicted molar refractivity (Wildman–Crippen MR) is 68.1 cm³/mol. The fraction of sp³-hybridized carbons (Fsp3) is 0.500. The summed E-state index contributed by atoms with van der Waals surface area (Å²) in [5.41, 5.74) is 9.47. The minimum atomic E-state index is -3.29. The van der Waals surface area contributed by atoms with Crippen LogP contribution in [-0.2, 0) is 16.6 Å². The molecule has 1 aromatic rings. The number of pyridine rings is 1. The number of nitrogens with zero attached hydrogens (tertiary/aromatic N) is 4. The van der Waals surface area contributed by atoms with Crippen molar-refractivity contribution < 1.29 is 8.42 Å². The zero-order valence-corrected chi connectivity index (χ0v) is 11.1. The maximum atomic E-state index is 11.2. The molecular formula is C10H15N5O2S. The first-order valence-electron chi connectivity index (χ1n) is 5.40. The molecule has 8 heteroatoms. The standard InChI is InChI=1S/C10H15N5O2S/c1-3-9(14-18(2,16)17)10-6-4-5-8(13-10)7-12-15-11/h4-6,9,14H,3,7H2,1-2H3/t9-/m1/s1. The number of nitrogens with one attached hydrogen (secondary N) is 1. The van der Waals surface area contributed by atoms with Gasteiger partial charge in [-0.1, -0.05) is 18.1 Å². The molecule has 0 aliphatic rings. The Morgan fingerprint density at radius 3 is 2.83 bits per heavy atom. The van der Waals surface area contributed by atoms with Crippen molar-refractivity contribution in [3.63, 3.8) is 0 Å². The van der Waals surface area contributed by atoms with Crippen molar-refractivity contribution in [1.29, 1.82) is 0 Å². The predicted octanol–water partition coefficient (Wildman–Crippen LogP) is 1.89. The van der Waals surface area contributed by atoms with E-state index in [9.17, 15) is 8.42 Å². The molecule has 0 bridgehead atoms. The first-order valence-corrected chi connectivity index (χ1v) is 7.29. The van der Waals surface area contributed by atoms with Gasteiger partial charge in [-0.15, -0.1) is 0 Å². The molecule has 98 valence electrons. The highest BCUT2D eigenvalue weighted by Gasteiger charge is 2.15. The summed E-state index contributed by atoms with van der Waals surface area (Å²) in [4.78, 5) is 6.93. The third-order valence-electron chi connectivity index (χ3n) is 2.25. The van der Waals surface area contributed by atoms with E-state index in [0.717, 1.165) is 6.26 Å². The second-order valence-electron chi connectivity index (χ2n) is 3.79. The number of sulfonamides is 1. The molecule has 0 aliphatic heterocycles. The van der Waals surface area contributed by atoms with Crippen LogP contribution < -0.4 is 4.72 Å². The second-order valence-corrected chi connectivity index (χ2v) is 5.57. The molecule has 0 spiro atoms. The second kappa shape index (κ2) is 6.34. The summed E-state index contributed by atoms with van der Waals surface area (Å²) < 4.78 is 25.0. The average molecular weight is 269 g/mol. The van der Waals surface area contributed by atoms with Crippen molar-refractivity contribution >= 4 is 10.0 Å². The largest absolute Gasteiger partial charge is 0.256 e. The molecule has 1 heterocycles. The number of rotatable bonds is 6. The Hall–Kier alpha value is -1.63. The van der Waals surface area contributed by atoms with Crippen molar-refractivity contribution in [2.45, 2.75) is 25.9 Å². The molecule has 1 N–H and O–H groups in total. The van der Waals surface area contributed by atoms with Gasteiger partial charge >= 0.3 is 0 Å². The van der Waals surface area contributed by atoms with Crippen LogP contribution in [0.2, 0.25) is 0 Å². The van der Waals surface area contributed by atoms with E-state index < -0.39 is 10.0 Å².